The van der Waals surface area contributed by atoms with E-state index in [9.17, 15) is 9.90 Å². The number of aromatic carboxylic acids is 1. The van der Waals surface area contributed by atoms with Crippen LogP contribution in [0.1, 0.15) is 50.5 Å². The quantitative estimate of drug-likeness (QED) is 0.818. The Morgan fingerprint density at radius 2 is 1.80 bits per heavy atom. The molecule has 1 aliphatic rings. The van der Waals surface area contributed by atoms with E-state index in [4.69, 9.17) is 9.31 Å². The molecule has 0 saturated carbocycles. The first kappa shape index (κ1) is 17.7. The Kier molecular flexibility index (Phi) is 4.04. The smallest absolute Gasteiger partial charge is 0.478 e. The number of aromatic nitrogens is 1. The van der Waals surface area contributed by atoms with E-state index in [1.165, 1.54) is 12.1 Å². The van der Waals surface area contributed by atoms with Crippen LogP contribution in [0.3, 0.4) is 0 Å². The molecule has 0 amide bonds. The molecule has 0 bridgehead atoms. The van der Waals surface area contributed by atoms with Crippen LogP contribution < -0.4 is 0 Å². The summed E-state index contributed by atoms with van der Waals surface area (Å²) in [5.74, 6) is -1.03. The van der Waals surface area contributed by atoms with E-state index in [1.807, 2.05) is 27.7 Å². The highest BCUT2D eigenvalue weighted by molar-refractivity contribution is 6.55. The number of carbonyl (C=O) groups is 1. The van der Waals surface area contributed by atoms with Crippen molar-refractivity contribution >= 4 is 29.6 Å². The van der Waals surface area contributed by atoms with Gasteiger partial charge in [0.15, 0.2) is 0 Å². The number of hydrogen-bond acceptors (Lipinski definition) is 3. The van der Waals surface area contributed by atoms with Gasteiger partial charge >= 0.3 is 13.1 Å². The van der Waals surface area contributed by atoms with Gasteiger partial charge < -0.3 is 19.4 Å². The number of nitrogens with one attached hydrogen (secondary N) is 1. The first-order valence-electron chi connectivity index (χ1n) is 8.10. The van der Waals surface area contributed by atoms with Crippen LogP contribution in [0.5, 0.6) is 0 Å². The minimum Gasteiger partial charge on any atom is -0.478 e. The average Bonchev–Trinajstić information content (AvgIpc) is 3.03. The van der Waals surface area contributed by atoms with Crippen molar-refractivity contribution in [1.29, 1.82) is 0 Å². The van der Waals surface area contributed by atoms with Gasteiger partial charge in [-0.3, -0.25) is 0 Å². The summed E-state index contributed by atoms with van der Waals surface area (Å²) in [7, 11) is -1.09. The maximum Gasteiger partial charge on any atom is 0.525 e. The third kappa shape index (κ3) is 2.87. The van der Waals surface area contributed by atoms with Gasteiger partial charge in [-0.15, -0.1) is 0 Å². The Morgan fingerprint density at radius 1 is 1.20 bits per heavy atom. The number of carboxylic acid groups (broad SMARTS) is 1. The lowest BCUT2D eigenvalue weighted by Gasteiger charge is -2.32. The summed E-state index contributed by atoms with van der Waals surface area (Å²) in [6, 6.07) is 4.71. The normalized spacial score (nSPS) is 20.0. The van der Waals surface area contributed by atoms with Crippen molar-refractivity contribution in [2.45, 2.75) is 45.8 Å². The largest absolute Gasteiger partial charge is 0.525 e. The molecule has 1 saturated heterocycles. The van der Waals surface area contributed by atoms with E-state index in [-0.39, 0.29) is 5.56 Å². The minimum absolute atomic E-state index is 0.150. The standard InChI is InChI=1S/C18H21BFNO4/c1-10(15(20)19-24-17(2,3)18(4,5)25-19)13-9-21-14-7-6-11(16(22)23)8-12(13)14/h6-9,21H,1-5H3,(H,22,23). The monoisotopic (exact) mass is 345 g/mol. The van der Waals surface area contributed by atoms with Crippen molar-refractivity contribution in [3.8, 4) is 0 Å². The molecule has 0 unspecified atom stereocenters. The molecule has 5 nitrogen and oxygen atoms in total. The number of H-pyrrole nitrogens is 1. The van der Waals surface area contributed by atoms with Crippen molar-refractivity contribution < 1.29 is 23.6 Å². The summed E-state index contributed by atoms with van der Waals surface area (Å²) in [6.07, 6.45) is 1.66. The van der Waals surface area contributed by atoms with Gasteiger partial charge in [-0.05, 0) is 58.4 Å². The highest BCUT2D eigenvalue weighted by atomic mass is 19.1. The lowest BCUT2D eigenvalue weighted by Crippen LogP contribution is -2.41. The Labute approximate surface area is 146 Å². The van der Waals surface area contributed by atoms with Crippen molar-refractivity contribution in [1.82, 2.24) is 4.98 Å². The van der Waals surface area contributed by atoms with Gasteiger partial charge in [0.2, 0.25) is 0 Å². The number of fused-ring (bicyclic) bond motifs is 1. The number of hydrogen-bond donors (Lipinski definition) is 2. The number of allylic oxidation sites excluding steroid dienone is 1. The average molecular weight is 345 g/mol. The summed E-state index contributed by atoms with van der Waals surface area (Å²) in [5.41, 5.74) is 0.0500. The lowest BCUT2D eigenvalue weighted by atomic mass is 9.83. The Bertz CT molecular complexity index is 868. The zero-order valence-electron chi connectivity index (χ0n) is 14.9. The predicted octanol–water partition coefficient (Wildman–Crippen LogP) is 4.20. The van der Waals surface area contributed by atoms with Gasteiger partial charge in [-0.2, -0.15) is 0 Å². The molecule has 7 heteroatoms. The third-order valence-electron chi connectivity index (χ3n) is 5.15. The molecule has 1 aliphatic heterocycles. The highest BCUT2D eigenvalue weighted by Gasteiger charge is 2.53. The molecular formula is C18H21BFNO4. The first-order valence-corrected chi connectivity index (χ1v) is 8.10. The van der Waals surface area contributed by atoms with Crippen LogP contribution in [0.25, 0.3) is 16.5 Å². The molecule has 2 N–H and O–H groups in total. The Balaban J connectivity index is 2.04. The van der Waals surface area contributed by atoms with E-state index in [1.54, 1.807) is 19.2 Å². The fraction of sp³-hybridized carbons (Fsp3) is 0.389. The zero-order chi connectivity index (χ0) is 18.6. The summed E-state index contributed by atoms with van der Waals surface area (Å²) in [4.78, 5) is 14.2. The van der Waals surface area contributed by atoms with Crippen LogP contribution in [-0.4, -0.2) is 34.4 Å². The summed E-state index contributed by atoms with van der Waals surface area (Å²) < 4.78 is 26.6. The van der Waals surface area contributed by atoms with Gasteiger partial charge in [0, 0.05) is 22.7 Å². The maximum atomic E-state index is 15.0. The highest BCUT2D eigenvalue weighted by Crippen LogP contribution is 2.40. The van der Waals surface area contributed by atoms with Crippen molar-refractivity contribution in [2.24, 2.45) is 0 Å². The van der Waals surface area contributed by atoms with E-state index >= 15 is 4.39 Å². The number of aromatic amines is 1. The fourth-order valence-electron chi connectivity index (χ4n) is 2.82. The molecule has 1 fully saturated rings. The van der Waals surface area contributed by atoms with Gasteiger partial charge in [-0.25, -0.2) is 9.18 Å². The number of halogens is 1. The maximum absolute atomic E-state index is 15.0. The molecule has 25 heavy (non-hydrogen) atoms. The summed E-state index contributed by atoms with van der Waals surface area (Å²) in [6.45, 7) is 9.08. The zero-order valence-corrected chi connectivity index (χ0v) is 14.9. The lowest BCUT2D eigenvalue weighted by molar-refractivity contribution is 0.00578. The van der Waals surface area contributed by atoms with E-state index in [0.717, 1.165) is 5.52 Å². The van der Waals surface area contributed by atoms with Gasteiger partial charge in [0.05, 0.1) is 16.8 Å². The van der Waals surface area contributed by atoms with Gasteiger partial charge in [0.25, 0.3) is 0 Å². The minimum atomic E-state index is -1.09. The molecular weight excluding hydrogens is 324 g/mol. The van der Waals surface area contributed by atoms with Crippen LogP contribution in [0.15, 0.2) is 30.1 Å². The van der Waals surface area contributed by atoms with Crippen LogP contribution in [0, 0.1) is 0 Å². The van der Waals surface area contributed by atoms with E-state index in [0.29, 0.717) is 16.5 Å². The van der Waals surface area contributed by atoms with E-state index in [2.05, 4.69) is 4.98 Å². The number of benzene rings is 1. The molecule has 0 radical (unpaired) electrons. The Morgan fingerprint density at radius 3 is 2.36 bits per heavy atom. The molecule has 0 spiro atoms. The molecule has 0 atom stereocenters. The van der Waals surface area contributed by atoms with Crippen LogP contribution in [-0.2, 0) is 9.31 Å². The van der Waals surface area contributed by atoms with Gasteiger partial charge in [-0.1, -0.05) is 0 Å². The molecule has 1 aromatic heterocycles. The van der Waals surface area contributed by atoms with Crippen LogP contribution >= 0.6 is 0 Å². The second-order valence-corrected chi connectivity index (χ2v) is 7.33. The summed E-state index contributed by atoms with van der Waals surface area (Å²) in [5, 5.41) is 9.81. The molecule has 3 rings (SSSR count). The van der Waals surface area contributed by atoms with Crippen molar-refractivity contribution in [3.05, 3.63) is 41.2 Å². The fourth-order valence-corrected chi connectivity index (χ4v) is 2.82. The molecule has 132 valence electrons. The summed E-state index contributed by atoms with van der Waals surface area (Å²) >= 11 is 0. The topological polar surface area (TPSA) is 71.5 Å². The van der Waals surface area contributed by atoms with Crippen LogP contribution in [0.4, 0.5) is 4.39 Å². The van der Waals surface area contributed by atoms with Gasteiger partial charge in [0.1, 0.15) is 5.73 Å². The van der Waals surface area contributed by atoms with Crippen molar-refractivity contribution in [3.63, 3.8) is 0 Å². The molecule has 1 aromatic carbocycles. The van der Waals surface area contributed by atoms with E-state index < -0.39 is 30.0 Å². The molecule has 0 aliphatic carbocycles. The molecule has 2 aromatic rings. The number of rotatable bonds is 3. The number of carboxylic acids is 1. The first-order chi connectivity index (χ1) is 11.5. The second-order valence-electron chi connectivity index (χ2n) is 7.33. The molecule has 2 heterocycles. The van der Waals surface area contributed by atoms with Crippen LogP contribution in [0.2, 0.25) is 0 Å². The Hall–Kier alpha value is -2.12. The SMILES string of the molecule is CC(=C(F)B1OC(C)(C)C(C)(C)O1)c1c[nH]c2ccc(C(=O)O)cc12. The predicted molar refractivity (Wildman–Crippen MR) is 95.0 cm³/mol. The third-order valence-corrected chi connectivity index (χ3v) is 5.15. The second kappa shape index (κ2) is 5.71. The van der Waals surface area contributed by atoms with Crippen molar-refractivity contribution in [2.75, 3.05) is 0 Å².